The molecule has 1 unspecified atom stereocenters. The minimum absolute atomic E-state index is 0.229. The first kappa shape index (κ1) is 22.8. The topological polar surface area (TPSA) is 58.6 Å². The third-order valence-corrected chi connectivity index (χ3v) is 5.63. The summed E-state index contributed by atoms with van der Waals surface area (Å²) >= 11 is 12.0. The van der Waals surface area contributed by atoms with E-state index in [1.54, 1.807) is 66.4 Å². The summed E-state index contributed by atoms with van der Waals surface area (Å²) < 4.78 is 19.0. The molecule has 0 bridgehead atoms. The van der Waals surface area contributed by atoms with Crippen molar-refractivity contribution in [2.45, 2.75) is 19.6 Å². The number of rotatable bonds is 5. The summed E-state index contributed by atoms with van der Waals surface area (Å²) in [6.07, 6.45) is 2.28. The third kappa shape index (κ3) is 5.35. The highest BCUT2D eigenvalue weighted by Gasteiger charge is 2.31. The first-order valence-electron chi connectivity index (χ1n) is 10.1. The third-order valence-electron chi connectivity index (χ3n) is 5.07. The lowest BCUT2D eigenvalue weighted by atomic mass is 10.1. The number of carbonyl (C=O) groups is 2. The van der Waals surface area contributed by atoms with Crippen LogP contribution in [0.15, 0.2) is 66.7 Å². The Bertz CT molecular complexity index is 1240. The Kier molecular flexibility index (Phi) is 6.67. The molecule has 8 heteroatoms. The Hall–Kier alpha value is -3.35. The zero-order valence-electron chi connectivity index (χ0n) is 17.5. The lowest BCUT2D eigenvalue weighted by Gasteiger charge is -2.33. The second kappa shape index (κ2) is 9.65. The van der Waals surface area contributed by atoms with Gasteiger partial charge in [-0.15, -0.1) is 0 Å². The molecule has 0 spiro atoms. The largest absolute Gasteiger partial charge is 0.479 e. The van der Waals surface area contributed by atoms with Gasteiger partial charge in [0.05, 0.1) is 12.2 Å². The Labute approximate surface area is 200 Å². The Morgan fingerprint density at radius 2 is 1.88 bits per heavy atom. The number of fused-ring (bicyclic) bond motifs is 1. The SMILES string of the molecule is CC1Oc2ccc(NC(=O)/C=C/c3ccc(Cl)cc3Cl)cc2N(Cc2ccc(F)cc2)C1=O. The van der Waals surface area contributed by atoms with Crippen molar-refractivity contribution in [1.29, 1.82) is 0 Å². The maximum absolute atomic E-state index is 13.3. The molecule has 4 rings (SSSR count). The zero-order valence-corrected chi connectivity index (χ0v) is 19.0. The van der Waals surface area contributed by atoms with Gasteiger partial charge in [0.15, 0.2) is 6.10 Å². The Morgan fingerprint density at radius 3 is 2.61 bits per heavy atom. The summed E-state index contributed by atoms with van der Waals surface area (Å²) in [5.74, 6) is -0.431. The normalized spacial score (nSPS) is 15.3. The van der Waals surface area contributed by atoms with E-state index in [4.69, 9.17) is 27.9 Å². The molecule has 0 saturated heterocycles. The van der Waals surface area contributed by atoms with Crippen LogP contribution in [0.5, 0.6) is 5.75 Å². The van der Waals surface area contributed by atoms with Crippen molar-refractivity contribution in [2.24, 2.45) is 0 Å². The van der Waals surface area contributed by atoms with Gasteiger partial charge in [-0.05, 0) is 66.6 Å². The Balaban J connectivity index is 1.54. The van der Waals surface area contributed by atoms with Crippen molar-refractivity contribution >= 4 is 52.5 Å². The maximum Gasteiger partial charge on any atom is 0.268 e. The van der Waals surface area contributed by atoms with Crippen molar-refractivity contribution in [2.75, 3.05) is 10.2 Å². The predicted octanol–water partition coefficient (Wildman–Crippen LogP) is 6.10. The lowest BCUT2D eigenvalue weighted by Crippen LogP contribution is -2.44. The maximum atomic E-state index is 13.3. The van der Waals surface area contributed by atoms with Crippen LogP contribution < -0.4 is 15.0 Å². The summed E-state index contributed by atoms with van der Waals surface area (Å²) in [5.41, 5.74) is 2.42. The van der Waals surface area contributed by atoms with Crippen LogP contribution >= 0.6 is 23.2 Å². The van der Waals surface area contributed by atoms with Crippen molar-refractivity contribution in [1.82, 2.24) is 0 Å². The molecule has 1 aliphatic rings. The van der Waals surface area contributed by atoms with Crippen LogP contribution in [0.2, 0.25) is 10.0 Å². The summed E-state index contributed by atoms with van der Waals surface area (Å²) in [6.45, 7) is 1.91. The second-order valence-electron chi connectivity index (χ2n) is 7.48. The number of anilines is 2. The molecule has 3 aromatic carbocycles. The van der Waals surface area contributed by atoms with Crippen molar-refractivity contribution in [3.8, 4) is 5.75 Å². The molecule has 0 saturated carbocycles. The number of ether oxygens (including phenoxy) is 1. The van der Waals surface area contributed by atoms with E-state index in [0.717, 1.165) is 5.56 Å². The molecule has 0 aliphatic carbocycles. The molecule has 1 N–H and O–H groups in total. The number of hydrogen-bond donors (Lipinski definition) is 1. The molecule has 33 heavy (non-hydrogen) atoms. The zero-order chi connectivity index (χ0) is 23.5. The summed E-state index contributed by atoms with van der Waals surface area (Å²) in [7, 11) is 0. The van der Waals surface area contributed by atoms with E-state index >= 15 is 0 Å². The van der Waals surface area contributed by atoms with Crippen LogP contribution in [0.4, 0.5) is 15.8 Å². The fourth-order valence-electron chi connectivity index (χ4n) is 3.41. The van der Waals surface area contributed by atoms with Gasteiger partial charge in [-0.2, -0.15) is 0 Å². The van der Waals surface area contributed by atoms with Gasteiger partial charge >= 0.3 is 0 Å². The number of nitrogens with one attached hydrogen (secondary N) is 1. The summed E-state index contributed by atoms with van der Waals surface area (Å²) in [4.78, 5) is 26.8. The molecule has 0 radical (unpaired) electrons. The number of halogens is 3. The minimum Gasteiger partial charge on any atom is -0.479 e. The summed E-state index contributed by atoms with van der Waals surface area (Å²) in [6, 6.07) is 16.0. The van der Waals surface area contributed by atoms with Gasteiger partial charge in [-0.25, -0.2) is 4.39 Å². The smallest absolute Gasteiger partial charge is 0.268 e. The van der Waals surface area contributed by atoms with Crippen LogP contribution in [0, 0.1) is 5.82 Å². The molecular weight excluding hydrogens is 466 g/mol. The molecule has 5 nitrogen and oxygen atoms in total. The van der Waals surface area contributed by atoms with Crippen molar-refractivity contribution < 1.29 is 18.7 Å². The van der Waals surface area contributed by atoms with Crippen LogP contribution in [0.25, 0.3) is 6.08 Å². The fourth-order valence-corrected chi connectivity index (χ4v) is 3.88. The van der Waals surface area contributed by atoms with Crippen molar-refractivity contribution in [3.63, 3.8) is 0 Å². The minimum atomic E-state index is -0.662. The molecule has 0 aromatic heterocycles. The first-order valence-corrected chi connectivity index (χ1v) is 10.9. The average Bonchev–Trinajstić information content (AvgIpc) is 2.78. The molecule has 168 valence electrons. The van der Waals surface area contributed by atoms with E-state index in [1.165, 1.54) is 18.2 Å². The van der Waals surface area contributed by atoms with Crippen LogP contribution in [-0.2, 0) is 16.1 Å². The highest BCUT2D eigenvalue weighted by Crippen LogP contribution is 2.37. The standard InChI is InChI=1S/C25H19Cl2FN2O3/c1-15-25(32)30(14-16-2-7-19(28)8-3-16)22-13-20(9-10-23(22)33-15)29-24(31)11-5-17-4-6-18(26)12-21(17)27/h2-13,15H,14H2,1H3,(H,29,31)/b11-5+. The molecule has 1 atom stereocenters. The number of carbonyl (C=O) groups excluding carboxylic acids is 2. The van der Waals surface area contributed by atoms with Crippen LogP contribution in [-0.4, -0.2) is 17.9 Å². The van der Waals surface area contributed by atoms with Gasteiger partial charge in [-0.3, -0.25) is 9.59 Å². The quantitative estimate of drug-likeness (QED) is 0.445. The molecule has 3 aromatic rings. The first-order chi connectivity index (χ1) is 15.8. The molecule has 1 heterocycles. The van der Waals surface area contributed by atoms with Gasteiger partial charge in [-0.1, -0.05) is 41.4 Å². The van der Waals surface area contributed by atoms with E-state index in [2.05, 4.69) is 5.32 Å². The van der Waals surface area contributed by atoms with Crippen LogP contribution in [0.3, 0.4) is 0 Å². The highest BCUT2D eigenvalue weighted by atomic mass is 35.5. The molecule has 1 aliphatic heterocycles. The fraction of sp³-hybridized carbons (Fsp3) is 0.120. The molecule has 2 amide bonds. The lowest BCUT2D eigenvalue weighted by molar-refractivity contribution is -0.125. The monoisotopic (exact) mass is 484 g/mol. The van der Waals surface area contributed by atoms with E-state index in [1.807, 2.05) is 0 Å². The van der Waals surface area contributed by atoms with E-state index in [0.29, 0.717) is 32.7 Å². The van der Waals surface area contributed by atoms with Crippen LogP contribution in [0.1, 0.15) is 18.1 Å². The van der Waals surface area contributed by atoms with Gasteiger partial charge in [0, 0.05) is 21.8 Å². The average molecular weight is 485 g/mol. The number of benzene rings is 3. The molecule has 0 fully saturated rings. The van der Waals surface area contributed by atoms with Gasteiger partial charge in [0.2, 0.25) is 5.91 Å². The van der Waals surface area contributed by atoms with E-state index < -0.39 is 6.10 Å². The van der Waals surface area contributed by atoms with Gasteiger partial charge in [0.25, 0.3) is 5.91 Å². The summed E-state index contributed by atoms with van der Waals surface area (Å²) in [5, 5.41) is 3.71. The number of amides is 2. The van der Waals surface area contributed by atoms with Crippen molar-refractivity contribution in [3.05, 3.63) is 93.7 Å². The second-order valence-corrected chi connectivity index (χ2v) is 8.33. The Morgan fingerprint density at radius 1 is 1.12 bits per heavy atom. The van der Waals surface area contributed by atoms with E-state index in [-0.39, 0.29) is 24.2 Å². The predicted molar refractivity (Wildman–Crippen MR) is 128 cm³/mol. The molecular formula is C25H19Cl2FN2O3. The number of nitrogens with zero attached hydrogens (tertiary/aromatic N) is 1. The van der Waals surface area contributed by atoms with Gasteiger partial charge in [0.1, 0.15) is 11.6 Å². The van der Waals surface area contributed by atoms with Gasteiger partial charge < -0.3 is 15.0 Å². The number of hydrogen-bond acceptors (Lipinski definition) is 3. The highest BCUT2D eigenvalue weighted by molar-refractivity contribution is 6.35. The van der Waals surface area contributed by atoms with E-state index in [9.17, 15) is 14.0 Å².